The molecule has 5 heteroatoms. The summed E-state index contributed by atoms with van der Waals surface area (Å²) in [5.41, 5.74) is 0. The van der Waals surface area contributed by atoms with Crippen LogP contribution in [0.2, 0.25) is 0 Å². The monoisotopic (exact) mass is 176 g/mol. The molecular formula is C7H12O5. The van der Waals surface area contributed by atoms with E-state index < -0.39 is 0 Å². The molecule has 0 unspecified atom stereocenters. The second-order valence-corrected chi connectivity index (χ2v) is 2.37. The first-order valence-corrected chi connectivity index (χ1v) is 3.67. The number of hydrogen-bond donors (Lipinski definition) is 0. The van der Waals surface area contributed by atoms with E-state index in [9.17, 15) is 4.79 Å². The van der Waals surface area contributed by atoms with Crippen LogP contribution in [0.4, 0.5) is 0 Å². The zero-order valence-electron chi connectivity index (χ0n) is 6.95. The van der Waals surface area contributed by atoms with Crippen LogP contribution in [-0.4, -0.2) is 45.8 Å². The van der Waals surface area contributed by atoms with E-state index in [1.165, 1.54) is 7.11 Å². The molecule has 5 nitrogen and oxygen atoms in total. The van der Waals surface area contributed by atoms with Crippen LogP contribution in [-0.2, 0) is 23.7 Å². The van der Waals surface area contributed by atoms with Gasteiger partial charge < -0.3 is 18.9 Å². The van der Waals surface area contributed by atoms with Crippen LogP contribution in [0.3, 0.4) is 0 Å². The van der Waals surface area contributed by atoms with E-state index in [2.05, 4.69) is 4.74 Å². The second-order valence-electron chi connectivity index (χ2n) is 2.37. The fourth-order valence-electron chi connectivity index (χ4n) is 0.807. The number of ether oxygens (including phenoxy) is 4. The summed E-state index contributed by atoms with van der Waals surface area (Å²) in [5, 5.41) is 0. The summed E-state index contributed by atoms with van der Waals surface area (Å²) in [6.07, 6.45) is -0.155. The van der Waals surface area contributed by atoms with Crippen molar-refractivity contribution >= 4 is 5.97 Å². The molecule has 1 heterocycles. The zero-order valence-corrected chi connectivity index (χ0v) is 6.95. The summed E-state index contributed by atoms with van der Waals surface area (Å²) in [5.74, 6) is -0.388. The predicted octanol–water partition coefficient (Wildman–Crippen LogP) is -0.451. The van der Waals surface area contributed by atoms with Crippen LogP contribution in [0.15, 0.2) is 0 Å². The minimum absolute atomic E-state index is 0.0477. The quantitative estimate of drug-likeness (QED) is 0.545. The van der Waals surface area contributed by atoms with Crippen LogP contribution in [0.1, 0.15) is 0 Å². The van der Waals surface area contributed by atoms with Gasteiger partial charge >= 0.3 is 5.97 Å². The first-order valence-electron chi connectivity index (χ1n) is 3.67. The van der Waals surface area contributed by atoms with Crippen LogP contribution in [0.25, 0.3) is 0 Å². The molecule has 0 saturated carbocycles. The Bertz CT molecular complexity index is 141. The Morgan fingerprint density at radius 2 is 2.17 bits per heavy atom. The van der Waals surface area contributed by atoms with Gasteiger partial charge in [-0.1, -0.05) is 0 Å². The lowest BCUT2D eigenvalue weighted by atomic mass is 10.4. The van der Waals surface area contributed by atoms with Crippen molar-refractivity contribution in [3.63, 3.8) is 0 Å². The predicted molar refractivity (Wildman–Crippen MR) is 38.5 cm³/mol. The maximum atomic E-state index is 10.6. The maximum absolute atomic E-state index is 10.6. The van der Waals surface area contributed by atoms with Crippen LogP contribution < -0.4 is 0 Å². The molecule has 0 spiro atoms. The molecule has 1 saturated heterocycles. The van der Waals surface area contributed by atoms with Crippen molar-refractivity contribution in [3.8, 4) is 0 Å². The number of methoxy groups -OCH3 is 1. The lowest BCUT2D eigenvalue weighted by Gasteiger charge is -2.21. The largest absolute Gasteiger partial charge is 0.467 e. The third kappa shape index (κ3) is 3.17. The van der Waals surface area contributed by atoms with Gasteiger partial charge in [0.15, 0.2) is 0 Å². The average Bonchev–Trinajstić information content (AvgIpc) is 2.16. The van der Waals surface area contributed by atoms with Crippen molar-refractivity contribution in [2.24, 2.45) is 0 Å². The molecule has 0 N–H and O–H groups in total. The van der Waals surface area contributed by atoms with Crippen LogP contribution in [0.5, 0.6) is 0 Å². The van der Waals surface area contributed by atoms with Gasteiger partial charge in [-0.25, -0.2) is 4.79 Å². The number of esters is 1. The van der Waals surface area contributed by atoms with Gasteiger partial charge in [0.05, 0.1) is 20.3 Å². The molecule has 1 rings (SSSR count). The van der Waals surface area contributed by atoms with Crippen molar-refractivity contribution in [1.29, 1.82) is 0 Å². The van der Waals surface area contributed by atoms with Gasteiger partial charge in [-0.2, -0.15) is 0 Å². The minimum Gasteiger partial charge on any atom is -0.467 e. The molecule has 0 aliphatic carbocycles. The highest BCUT2D eigenvalue weighted by molar-refractivity contribution is 5.70. The maximum Gasteiger partial charge on any atom is 0.331 e. The van der Waals surface area contributed by atoms with Crippen molar-refractivity contribution in [1.82, 2.24) is 0 Å². The Balaban J connectivity index is 2.09. The summed E-state index contributed by atoms with van der Waals surface area (Å²) in [6, 6.07) is 0. The lowest BCUT2D eigenvalue weighted by molar-refractivity contribution is -0.177. The smallest absolute Gasteiger partial charge is 0.331 e. The fourth-order valence-corrected chi connectivity index (χ4v) is 0.807. The molecule has 0 aromatic rings. The third-order valence-corrected chi connectivity index (χ3v) is 1.44. The van der Waals surface area contributed by atoms with Gasteiger partial charge in [0.2, 0.25) is 0 Å². The average molecular weight is 176 g/mol. The summed E-state index contributed by atoms with van der Waals surface area (Å²) in [6.45, 7) is 1.19. The van der Waals surface area contributed by atoms with Gasteiger partial charge in [-0.3, -0.25) is 0 Å². The van der Waals surface area contributed by atoms with E-state index >= 15 is 0 Å². The fraction of sp³-hybridized carbons (Fsp3) is 0.857. The van der Waals surface area contributed by atoms with E-state index in [4.69, 9.17) is 14.2 Å². The van der Waals surface area contributed by atoms with Crippen LogP contribution in [0, 0.1) is 0 Å². The summed E-state index contributed by atoms with van der Waals surface area (Å²) >= 11 is 0. The van der Waals surface area contributed by atoms with E-state index in [0.717, 1.165) is 0 Å². The molecule has 12 heavy (non-hydrogen) atoms. The van der Waals surface area contributed by atoms with Gasteiger partial charge in [-0.15, -0.1) is 0 Å². The topological polar surface area (TPSA) is 54.0 Å². The molecule has 0 radical (unpaired) electrons. The van der Waals surface area contributed by atoms with Gasteiger partial charge in [0.25, 0.3) is 0 Å². The Labute approximate surface area is 70.5 Å². The van der Waals surface area contributed by atoms with E-state index in [0.29, 0.717) is 20.0 Å². The summed E-state index contributed by atoms with van der Waals surface area (Å²) in [7, 11) is 1.32. The molecule has 1 fully saturated rings. The van der Waals surface area contributed by atoms with E-state index in [-0.39, 0.29) is 18.7 Å². The van der Waals surface area contributed by atoms with Gasteiger partial charge in [0.1, 0.15) is 19.5 Å². The lowest BCUT2D eigenvalue weighted by Crippen LogP contribution is -2.33. The molecule has 0 aromatic heterocycles. The molecule has 0 amide bonds. The first kappa shape index (κ1) is 9.44. The van der Waals surface area contributed by atoms with Crippen molar-refractivity contribution in [2.75, 3.05) is 33.7 Å². The summed E-state index contributed by atoms with van der Waals surface area (Å²) in [4.78, 5) is 10.6. The molecular weight excluding hydrogens is 164 g/mol. The Kier molecular flexibility index (Phi) is 3.99. The first-order chi connectivity index (χ1) is 5.83. The van der Waals surface area contributed by atoms with Gasteiger partial charge in [-0.05, 0) is 0 Å². The van der Waals surface area contributed by atoms with E-state index in [1.807, 2.05) is 0 Å². The van der Waals surface area contributed by atoms with E-state index in [1.54, 1.807) is 0 Å². The molecule has 0 aromatic carbocycles. The highest BCUT2D eigenvalue weighted by Crippen LogP contribution is 2.01. The SMILES string of the molecule is COC(=O)COC1COCOC1. The third-order valence-electron chi connectivity index (χ3n) is 1.44. The van der Waals surface area contributed by atoms with Crippen molar-refractivity contribution < 1.29 is 23.7 Å². The Hall–Kier alpha value is -0.650. The minimum atomic E-state index is -0.388. The van der Waals surface area contributed by atoms with Crippen molar-refractivity contribution in [2.45, 2.75) is 6.10 Å². The molecule has 0 bridgehead atoms. The highest BCUT2D eigenvalue weighted by atomic mass is 16.7. The molecule has 1 aliphatic rings. The normalized spacial score (nSPS) is 19.1. The number of rotatable bonds is 3. The highest BCUT2D eigenvalue weighted by Gasteiger charge is 2.15. The number of hydrogen-bond acceptors (Lipinski definition) is 5. The summed E-state index contributed by atoms with van der Waals surface area (Å²) < 4.78 is 19.4. The Morgan fingerprint density at radius 1 is 1.50 bits per heavy atom. The Morgan fingerprint density at radius 3 is 2.75 bits per heavy atom. The van der Waals surface area contributed by atoms with Crippen LogP contribution >= 0.6 is 0 Å². The molecule has 0 atom stereocenters. The van der Waals surface area contributed by atoms with Gasteiger partial charge in [0, 0.05) is 0 Å². The standard InChI is InChI=1S/C7H12O5/c1-9-7(8)4-12-6-2-10-5-11-3-6/h6H,2-5H2,1H3. The zero-order chi connectivity index (χ0) is 8.81. The molecule has 1 aliphatic heterocycles. The number of carbonyl (C=O) groups is 1. The van der Waals surface area contributed by atoms with Crippen molar-refractivity contribution in [3.05, 3.63) is 0 Å². The number of carbonyl (C=O) groups excluding carboxylic acids is 1. The molecule has 70 valence electrons. The second kappa shape index (κ2) is 5.08.